The Morgan fingerprint density at radius 1 is 1.44 bits per heavy atom. The molecule has 16 heavy (non-hydrogen) atoms. The lowest BCUT2D eigenvalue weighted by molar-refractivity contribution is -0.136. The zero-order valence-corrected chi connectivity index (χ0v) is 8.14. The first kappa shape index (κ1) is 10.4. The molecule has 5 heteroatoms. The Bertz CT molecular complexity index is 568. The summed E-state index contributed by atoms with van der Waals surface area (Å²) >= 11 is 0. The van der Waals surface area contributed by atoms with Gasteiger partial charge in [-0.1, -0.05) is 6.07 Å². The number of halogens is 1. The number of aliphatic carboxylic acids is 1. The van der Waals surface area contributed by atoms with E-state index < -0.39 is 11.8 Å². The Balaban J connectivity index is 2.65. The maximum Gasteiger partial charge on any atom is 0.309 e. The standard InChI is InChI=1S/C11H8FNO3/c12-8-3-1-2-7-9(14)4-6(5-10(15)16)13-11(7)8/h1-4H,5H2,(H,13,14)(H,15,16). The normalized spacial score (nSPS) is 10.6. The zero-order valence-electron chi connectivity index (χ0n) is 8.14. The highest BCUT2D eigenvalue weighted by atomic mass is 19.1. The number of carbonyl (C=O) groups is 1. The van der Waals surface area contributed by atoms with Crippen molar-refractivity contribution in [1.29, 1.82) is 0 Å². The van der Waals surface area contributed by atoms with Crippen molar-refractivity contribution >= 4 is 16.9 Å². The van der Waals surface area contributed by atoms with Gasteiger partial charge in [0, 0.05) is 11.5 Å². The Kier molecular flexibility index (Phi) is 2.44. The van der Waals surface area contributed by atoms with Crippen LogP contribution in [0.4, 0.5) is 4.39 Å². The minimum Gasteiger partial charge on any atom is -0.507 e. The van der Waals surface area contributed by atoms with E-state index in [1.54, 1.807) is 0 Å². The molecule has 0 aliphatic carbocycles. The summed E-state index contributed by atoms with van der Waals surface area (Å²) in [6.07, 6.45) is -0.349. The molecular formula is C11H8FNO3. The molecule has 0 fully saturated rings. The van der Waals surface area contributed by atoms with E-state index in [4.69, 9.17) is 5.11 Å². The van der Waals surface area contributed by atoms with Crippen LogP contribution in [-0.4, -0.2) is 21.2 Å². The zero-order chi connectivity index (χ0) is 11.7. The molecule has 2 rings (SSSR count). The molecule has 0 amide bonds. The SMILES string of the molecule is O=C(O)Cc1cc(O)c2cccc(F)c2n1. The second-order valence-electron chi connectivity index (χ2n) is 3.34. The highest BCUT2D eigenvalue weighted by molar-refractivity contribution is 5.86. The molecule has 0 radical (unpaired) electrons. The van der Waals surface area contributed by atoms with Crippen molar-refractivity contribution in [2.75, 3.05) is 0 Å². The summed E-state index contributed by atoms with van der Waals surface area (Å²) in [5, 5.41) is 18.4. The fraction of sp³-hybridized carbons (Fsp3) is 0.0909. The number of aromatic nitrogens is 1. The minimum atomic E-state index is -1.08. The van der Waals surface area contributed by atoms with Gasteiger partial charge in [0.1, 0.15) is 17.1 Å². The Labute approximate surface area is 90.0 Å². The molecule has 4 nitrogen and oxygen atoms in total. The smallest absolute Gasteiger partial charge is 0.309 e. The van der Waals surface area contributed by atoms with Crippen molar-refractivity contribution in [3.63, 3.8) is 0 Å². The van der Waals surface area contributed by atoms with Crippen LogP contribution < -0.4 is 0 Å². The molecule has 2 aromatic rings. The van der Waals surface area contributed by atoms with E-state index in [2.05, 4.69) is 4.98 Å². The molecule has 0 aliphatic rings. The van der Waals surface area contributed by atoms with Crippen LogP contribution in [0.1, 0.15) is 5.69 Å². The number of aromatic hydroxyl groups is 1. The van der Waals surface area contributed by atoms with Gasteiger partial charge in [-0.25, -0.2) is 9.37 Å². The van der Waals surface area contributed by atoms with Gasteiger partial charge in [0.2, 0.25) is 0 Å². The van der Waals surface area contributed by atoms with E-state index in [1.165, 1.54) is 24.3 Å². The second-order valence-corrected chi connectivity index (χ2v) is 3.34. The molecule has 0 saturated carbocycles. The maximum atomic E-state index is 13.4. The van der Waals surface area contributed by atoms with Gasteiger partial charge < -0.3 is 10.2 Å². The summed E-state index contributed by atoms with van der Waals surface area (Å²) in [4.78, 5) is 14.3. The van der Waals surface area contributed by atoms with E-state index in [-0.39, 0.29) is 28.8 Å². The molecule has 0 atom stereocenters. The fourth-order valence-corrected chi connectivity index (χ4v) is 1.49. The molecular weight excluding hydrogens is 213 g/mol. The molecule has 2 N–H and O–H groups in total. The average Bonchev–Trinajstić information content (AvgIpc) is 2.19. The van der Waals surface area contributed by atoms with Gasteiger partial charge in [-0.15, -0.1) is 0 Å². The lowest BCUT2D eigenvalue weighted by Gasteiger charge is -2.04. The molecule has 0 saturated heterocycles. The molecule has 0 bridgehead atoms. The van der Waals surface area contributed by atoms with Gasteiger partial charge in [0.15, 0.2) is 0 Å². The quantitative estimate of drug-likeness (QED) is 0.809. The van der Waals surface area contributed by atoms with E-state index in [9.17, 15) is 14.3 Å². The van der Waals surface area contributed by atoms with E-state index in [0.29, 0.717) is 0 Å². The van der Waals surface area contributed by atoms with Gasteiger partial charge >= 0.3 is 5.97 Å². The Morgan fingerprint density at radius 3 is 2.88 bits per heavy atom. The largest absolute Gasteiger partial charge is 0.507 e. The van der Waals surface area contributed by atoms with Gasteiger partial charge in [-0.05, 0) is 12.1 Å². The third-order valence-electron chi connectivity index (χ3n) is 2.15. The Morgan fingerprint density at radius 2 is 2.19 bits per heavy atom. The van der Waals surface area contributed by atoms with Crippen molar-refractivity contribution in [3.05, 3.63) is 35.8 Å². The average molecular weight is 221 g/mol. The van der Waals surface area contributed by atoms with Crippen molar-refractivity contribution in [3.8, 4) is 5.75 Å². The number of nitrogens with zero attached hydrogens (tertiary/aromatic N) is 1. The van der Waals surface area contributed by atoms with Crippen LogP contribution >= 0.6 is 0 Å². The van der Waals surface area contributed by atoms with Crippen molar-refractivity contribution in [2.45, 2.75) is 6.42 Å². The third kappa shape index (κ3) is 1.79. The monoisotopic (exact) mass is 221 g/mol. The minimum absolute atomic E-state index is 0.0150. The van der Waals surface area contributed by atoms with Crippen LogP contribution in [0.15, 0.2) is 24.3 Å². The number of para-hydroxylation sites is 1. The number of pyridine rings is 1. The number of benzene rings is 1. The number of carboxylic acids is 1. The summed E-state index contributed by atoms with van der Waals surface area (Å²) in [6, 6.07) is 5.41. The number of fused-ring (bicyclic) bond motifs is 1. The summed E-state index contributed by atoms with van der Waals surface area (Å²) in [6.45, 7) is 0. The molecule has 0 spiro atoms. The van der Waals surface area contributed by atoms with Gasteiger partial charge in [-0.3, -0.25) is 4.79 Å². The van der Waals surface area contributed by atoms with Crippen LogP contribution in [0.5, 0.6) is 5.75 Å². The number of carboxylic acid groups (broad SMARTS) is 1. The Hall–Kier alpha value is -2.17. The van der Waals surface area contributed by atoms with Crippen LogP contribution in [0.2, 0.25) is 0 Å². The van der Waals surface area contributed by atoms with Crippen LogP contribution in [-0.2, 0) is 11.2 Å². The summed E-state index contributed by atoms with van der Waals surface area (Å²) in [5.41, 5.74) is 0.112. The van der Waals surface area contributed by atoms with Crippen molar-refractivity contribution in [2.24, 2.45) is 0 Å². The molecule has 1 aromatic carbocycles. The summed E-state index contributed by atoms with van der Waals surface area (Å²) in [5.74, 6) is -1.83. The first-order valence-corrected chi connectivity index (χ1v) is 4.57. The lowest BCUT2D eigenvalue weighted by Crippen LogP contribution is -2.02. The number of hydrogen-bond donors (Lipinski definition) is 2. The molecule has 1 heterocycles. The number of hydrogen-bond acceptors (Lipinski definition) is 3. The van der Waals surface area contributed by atoms with E-state index in [1.807, 2.05) is 0 Å². The first-order valence-electron chi connectivity index (χ1n) is 4.57. The summed E-state index contributed by atoms with van der Waals surface area (Å²) < 4.78 is 13.4. The van der Waals surface area contributed by atoms with Gasteiger partial charge in [0.25, 0.3) is 0 Å². The summed E-state index contributed by atoms with van der Waals surface area (Å²) in [7, 11) is 0. The maximum absolute atomic E-state index is 13.4. The van der Waals surface area contributed by atoms with Gasteiger partial charge in [-0.2, -0.15) is 0 Å². The number of rotatable bonds is 2. The lowest BCUT2D eigenvalue weighted by atomic mass is 10.1. The highest BCUT2D eigenvalue weighted by Gasteiger charge is 2.10. The predicted molar refractivity (Wildman–Crippen MR) is 54.7 cm³/mol. The van der Waals surface area contributed by atoms with Crippen molar-refractivity contribution < 1.29 is 19.4 Å². The molecule has 0 aliphatic heterocycles. The van der Waals surface area contributed by atoms with Crippen molar-refractivity contribution in [1.82, 2.24) is 4.98 Å². The second kappa shape index (κ2) is 3.77. The van der Waals surface area contributed by atoms with Crippen LogP contribution in [0.25, 0.3) is 10.9 Å². The topological polar surface area (TPSA) is 70.4 Å². The molecule has 1 aromatic heterocycles. The first-order chi connectivity index (χ1) is 7.58. The fourth-order valence-electron chi connectivity index (χ4n) is 1.49. The van der Waals surface area contributed by atoms with Crippen LogP contribution in [0.3, 0.4) is 0 Å². The van der Waals surface area contributed by atoms with E-state index >= 15 is 0 Å². The van der Waals surface area contributed by atoms with Gasteiger partial charge in [0.05, 0.1) is 12.1 Å². The van der Waals surface area contributed by atoms with E-state index in [0.717, 1.165) is 0 Å². The highest BCUT2D eigenvalue weighted by Crippen LogP contribution is 2.25. The third-order valence-corrected chi connectivity index (χ3v) is 2.15. The molecule has 0 unspecified atom stereocenters. The predicted octanol–water partition coefficient (Wildman–Crippen LogP) is 1.71. The molecule has 82 valence electrons. The van der Waals surface area contributed by atoms with Crippen LogP contribution in [0, 0.1) is 5.82 Å².